The maximum absolute atomic E-state index is 10.4. The van der Waals surface area contributed by atoms with Crippen LogP contribution in [-0.2, 0) is 4.79 Å². The Bertz CT molecular complexity index is 391. The summed E-state index contributed by atoms with van der Waals surface area (Å²) in [6.07, 6.45) is 5.19. The maximum Gasteiger partial charge on any atom is 0.303 e. The molecular weight excluding hydrogens is 376 g/mol. The molecule has 0 saturated carbocycles. The summed E-state index contributed by atoms with van der Waals surface area (Å²) >= 11 is 0. The number of rotatable bonds is 20. The first-order valence-corrected chi connectivity index (χ1v) is 11.4. The van der Waals surface area contributed by atoms with Crippen molar-refractivity contribution in [1.29, 1.82) is 0 Å². The first-order valence-electron chi connectivity index (χ1n) is 11.4. The molecule has 0 saturated heterocycles. The van der Waals surface area contributed by atoms with Crippen LogP contribution in [0.4, 0.5) is 0 Å². The fraction of sp³-hybridized carbons (Fsp3) is 0.955. The van der Waals surface area contributed by atoms with Crippen molar-refractivity contribution in [2.24, 2.45) is 0 Å². The second-order valence-corrected chi connectivity index (χ2v) is 8.22. The topological polar surface area (TPSA) is 138 Å². The maximum atomic E-state index is 10.4. The van der Waals surface area contributed by atoms with E-state index in [0.29, 0.717) is 19.3 Å². The van der Waals surface area contributed by atoms with Crippen LogP contribution in [-0.4, -0.2) is 67.1 Å². The van der Waals surface area contributed by atoms with Crippen molar-refractivity contribution in [3.05, 3.63) is 0 Å². The Kier molecular flexibility index (Phi) is 17.6. The number of carboxylic acid groups (broad SMARTS) is 1. The Morgan fingerprint density at radius 1 is 0.586 bits per heavy atom. The second-order valence-electron chi connectivity index (χ2n) is 8.22. The molecular formula is C22H44O7. The van der Waals surface area contributed by atoms with Gasteiger partial charge in [0.15, 0.2) is 0 Å². The summed E-state index contributed by atoms with van der Waals surface area (Å²) in [5.74, 6) is -0.801. The zero-order chi connectivity index (χ0) is 22.1. The quantitative estimate of drug-likeness (QED) is 0.166. The molecule has 5 unspecified atom stereocenters. The summed E-state index contributed by atoms with van der Waals surface area (Å²) in [6, 6.07) is 0. The van der Waals surface area contributed by atoms with Crippen LogP contribution < -0.4 is 0 Å². The molecule has 6 N–H and O–H groups in total. The molecule has 0 bridgehead atoms. The molecule has 0 spiro atoms. The molecule has 0 aromatic heterocycles. The van der Waals surface area contributed by atoms with Crippen molar-refractivity contribution >= 4 is 5.97 Å². The smallest absolute Gasteiger partial charge is 0.303 e. The first kappa shape index (κ1) is 28.3. The van der Waals surface area contributed by atoms with E-state index in [1.807, 2.05) is 0 Å². The highest BCUT2D eigenvalue weighted by Crippen LogP contribution is 2.17. The minimum Gasteiger partial charge on any atom is -0.481 e. The number of aliphatic hydroxyl groups excluding tert-OH is 5. The minimum atomic E-state index is -1.60. The highest BCUT2D eigenvalue weighted by atomic mass is 16.4. The van der Waals surface area contributed by atoms with Crippen LogP contribution in [0.1, 0.15) is 103 Å². The number of aliphatic carboxylic acids is 1. The van der Waals surface area contributed by atoms with Gasteiger partial charge in [-0.15, -0.1) is 0 Å². The average Bonchev–Trinajstić information content (AvgIpc) is 2.70. The number of carbonyl (C=O) groups is 1. The van der Waals surface area contributed by atoms with Crippen LogP contribution in [0.3, 0.4) is 0 Å². The normalized spacial score (nSPS) is 16.9. The predicted octanol–water partition coefficient (Wildman–Crippen LogP) is 2.75. The van der Waals surface area contributed by atoms with Crippen LogP contribution in [0.5, 0.6) is 0 Å². The molecule has 0 amide bonds. The molecule has 7 heteroatoms. The average molecular weight is 421 g/mol. The molecule has 0 aliphatic heterocycles. The molecule has 7 nitrogen and oxygen atoms in total. The lowest BCUT2D eigenvalue weighted by Crippen LogP contribution is -2.49. The summed E-state index contributed by atoms with van der Waals surface area (Å²) in [7, 11) is 0. The standard InChI is InChI=1S/C22H44O7/c1-2-3-4-5-6-8-11-14-17(23)20(27)22(29)21(28)18(24)15-12-9-7-10-13-16-19(25)26/h17-18,20-24,27-29H,2-16H2,1H3,(H,25,26). The number of aliphatic hydroxyl groups is 5. The van der Waals surface area contributed by atoms with E-state index in [1.54, 1.807) is 0 Å². The summed E-state index contributed by atoms with van der Waals surface area (Å²) < 4.78 is 0. The van der Waals surface area contributed by atoms with Gasteiger partial charge in [0.1, 0.15) is 18.3 Å². The highest BCUT2D eigenvalue weighted by Gasteiger charge is 2.33. The fourth-order valence-electron chi connectivity index (χ4n) is 3.47. The summed E-state index contributed by atoms with van der Waals surface area (Å²) in [5.41, 5.74) is 0. The van der Waals surface area contributed by atoms with Crippen LogP contribution >= 0.6 is 0 Å². The van der Waals surface area contributed by atoms with Crippen molar-refractivity contribution < 1.29 is 35.4 Å². The molecule has 0 rings (SSSR count). The third-order valence-corrected chi connectivity index (χ3v) is 5.48. The van der Waals surface area contributed by atoms with Crippen molar-refractivity contribution in [3.8, 4) is 0 Å². The van der Waals surface area contributed by atoms with E-state index in [-0.39, 0.29) is 12.8 Å². The van der Waals surface area contributed by atoms with Crippen LogP contribution in [0.25, 0.3) is 0 Å². The van der Waals surface area contributed by atoms with E-state index in [9.17, 15) is 30.3 Å². The molecule has 5 atom stereocenters. The van der Waals surface area contributed by atoms with E-state index in [4.69, 9.17) is 5.11 Å². The predicted molar refractivity (Wildman–Crippen MR) is 113 cm³/mol. The lowest BCUT2D eigenvalue weighted by atomic mass is 9.94. The molecule has 0 heterocycles. The summed E-state index contributed by atoms with van der Waals surface area (Å²) in [5, 5.41) is 58.9. The Hall–Kier alpha value is -0.730. The van der Waals surface area contributed by atoms with Gasteiger partial charge < -0.3 is 30.6 Å². The highest BCUT2D eigenvalue weighted by molar-refractivity contribution is 5.66. The van der Waals surface area contributed by atoms with Crippen LogP contribution in [0.2, 0.25) is 0 Å². The van der Waals surface area contributed by atoms with Crippen LogP contribution in [0, 0.1) is 0 Å². The van der Waals surface area contributed by atoms with Gasteiger partial charge in [0, 0.05) is 6.42 Å². The Morgan fingerprint density at radius 3 is 1.38 bits per heavy atom. The largest absolute Gasteiger partial charge is 0.481 e. The van der Waals surface area contributed by atoms with E-state index in [0.717, 1.165) is 38.5 Å². The van der Waals surface area contributed by atoms with E-state index in [1.165, 1.54) is 25.7 Å². The molecule has 0 fully saturated rings. The van der Waals surface area contributed by atoms with Gasteiger partial charge in [0.05, 0.1) is 12.2 Å². The zero-order valence-electron chi connectivity index (χ0n) is 18.1. The SMILES string of the molecule is CCCCCCCCCC(O)C(O)C(O)C(O)C(O)CCCCCCCC(=O)O. The zero-order valence-corrected chi connectivity index (χ0v) is 18.1. The third-order valence-electron chi connectivity index (χ3n) is 5.48. The fourth-order valence-corrected chi connectivity index (χ4v) is 3.47. The minimum absolute atomic E-state index is 0.159. The molecule has 174 valence electrons. The molecule has 0 aliphatic carbocycles. The van der Waals surface area contributed by atoms with Gasteiger partial charge in [0.2, 0.25) is 0 Å². The molecule has 0 aliphatic rings. The molecule has 0 aromatic carbocycles. The Balaban J connectivity index is 3.93. The number of hydrogen-bond acceptors (Lipinski definition) is 6. The molecule has 0 radical (unpaired) electrons. The van der Waals surface area contributed by atoms with Gasteiger partial charge >= 0.3 is 5.97 Å². The van der Waals surface area contributed by atoms with Crippen LogP contribution in [0.15, 0.2) is 0 Å². The van der Waals surface area contributed by atoms with Crippen molar-refractivity contribution in [1.82, 2.24) is 0 Å². The van der Waals surface area contributed by atoms with Crippen molar-refractivity contribution in [2.75, 3.05) is 0 Å². The van der Waals surface area contributed by atoms with Gasteiger partial charge in [-0.1, -0.05) is 77.6 Å². The Labute approximate surface area is 175 Å². The molecule has 0 aromatic rings. The number of carboxylic acids is 1. The second kappa shape index (κ2) is 18.1. The Morgan fingerprint density at radius 2 is 0.966 bits per heavy atom. The lowest BCUT2D eigenvalue weighted by Gasteiger charge is -2.29. The van der Waals surface area contributed by atoms with Gasteiger partial charge in [-0.3, -0.25) is 4.79 Å². The van der Waals surface area contributed by atoms with Gasteiger partial charge in [-0.25, -0.2) is 0 Å². The summed E-state index contributed by atoms with van der Waals surface area (Å²) in [6.45, 7) is 2.17. The van der Waals surface area contributed by atoms with E-state index >= 15 is 0 Å². The monoisotopic (exact) mass is 420 g/mol. The third kappa shape index (κ3) is 14.8. The first-order chi connectivity index (χ1) is 13.8. The van der Waals surface area contributed by atoms with Gasteiger partial charge in [-0.05, 0) is 19.3 Å². The summed E-state index contributed by atoms with van der Waals surface area (Å²) in [4.78, 5) is 10.4. The van der Waals surface area contributed by atoms with E-state index in [2.05, 4.69) is 6.92 Å². The van der Waals surface area contributed by atoms with Gasteiger partial charge in [0.25, 0.3) is 0 Å². The lowest BCUT2D eigenvalue weighted by molar-refractivity contribution is -0.137. The van der Waals surface area contributed by atoms with Gasteiger partial charge in [-0.2, -0.15) is 0 Å². The van der Waals surface area contributed by atoms with Crippen molar-refractivity contribution in [3.63, 3.8) is 0 Å². The molecule has 29 heavy (non-hydrogen) atoms. The number of hydrogen-bond donors (Lipinski definition) is 6. The van der Waals surface area contributed by atoms with E-state index < -0.39 is 36.5 Å². The number of unbranched alkanes of at least 4 members (excludes halogenated alkanes) is 10. The van der Waals surface area contributed by atoms with Crippen molar-refractivity contribution in [2.45, 2.75) is 134 Å².